The second-order valence-corrected chi connectivity index (χ2v) is 6.83. The Balaban J connectivity index is 1.71. The van der Waals surface area contributed by atoms with Crippen LogP contribution < -0.4 is 5.32 Å². The Bertz CT molecular complexity index is 1090. The number of thioether (sulfide) groups is 1. The fourth-order valence-corrected chi connectivity index (χ4v) is 3.20. The smallest absolute Gasteiger partial charge is 0.166 e. The summed E-state index contributed by atoms with van der Waals surface area (Å²) in [4.78, 5) is 12.3. The summed E-state index contributed by atoms with van der Waals surface area (Å²) in [6.07, 6.45) is 3.62. The first kappa shape index (κ1) is 18.2. The Kier molecular flexibility index (Phi) is 5.08. The zero-order valence-electron chi connectivity index (χ0n) is 14.9. The van der Waals surface area contributed by atoms with E-state index in [0.717, 1.165) is 33.4 Å². The number of halogens is 2. The Morgan fingerprint density at radius 1 is 0.893 bits per heavy atom. The van der Waals surface area contributed by atoms with Crippen molar-refractivity contribution in [1.82, 2.24) is 15.0 Å². The summed E-state index contributed by atoms with van der Waals surface area (Å²) in [5, 5.41) is 3.92. The van der Waals surface area contributed by atoms with Crippen molar-refractivity contribution in [3.8, 4) is 22.5 Å². The third-order valence-corrected chi connectivity index (χ3v) is 4.74. The Morgan fingerprint density at radius 3 is 2.25 bits per heavy atom. The van der Waals surface area contributed by atoms with Crippen LogP contribution >= 0.6 is 11.8 Å². The molecule has 0 amide bonds. The Labute approximate surface area is 165 Å². The second-order valence-electron chi connectivity index (χ2n) is 6.04. The number of imidazole rings is 1. The average Bonchev–Trinajstić information content (AvgIpc) is 3.15. The fraction of sp³-hybridized carbons (Fsp3) is 0.0476. The lowest BCUT2D eigenvalue weighted by Crippen LogP contribution is -1.94. The molecule has 140 valence electrons. The molecule has 4 nitrogen and oxygen atoms in total. The highest BCUT2D eigenvalue weighted by Crippen LogP contribution is 2.33. The zero-order chi connectivity index (χ0) is 19.5. The molecule has 4 aromatic rings. The van der Waals surface area contributed by atoms with Crippen molar-refractivity contribution < 1.29 is 8.78 Å². The van der Waals surface area contributed by atoms with Crippen LogP contribution in [0.1, 0.15) is 0 Å². The first-order valence-corrected chi connectivity index (χ1v) is 9.74. The first-order valence-electron chi connectivity index (χ1n) is 8.51. The van der Waals surface area contributed by atoms with Gasteiger partial charge in [-0.25, -0.2) is 18.7 Å². The molecule has 0 saturated heterocycles. The van der Waals surface area contributed by atoms with E-state index in [0.29, 0.717) is 5.82 Å². The molecule has 2 N–H and O–H groups in total. The van der Waals surface area contributed by atoms with Crippen molar-refractivity contribution in [3.63, 3.8) is 0 Å². The summed E-state index contributed by atoms with van der Waals surface area (Å²) < 4.78 is 26.4. The maximum Gasteiger partial charge on any atom is 0.166 e. The standard InChI is InChI=1S/C21H16F2N4S/c1-28-21-26-19(13-2-4-15(22)5-3-13)20(27-21)14-10-11-24-18(12-14)25-17-8-6-16(23)7-9-17/h2-12H,1H3,(H,24,25)(H,26,27). The Morgan fingerprint density at radius 2 is 1.57 bits per heavy atom. The zero-order valence-corrected chi connectivity index (χ0v) is 15.7. The van der Waals surface area contributed by atoms with E-state index in [2.05, 4.69) is 20.3 Å². The summed E-state index contributed by atoms with van der Waals surface area (Å²) in [6, 6.07) is 16.1. The van der Waals surface area contributed by atoms with Gasteiger partial charge in [0.25, 0.3) is 0 Å². The highest BCUT2D eigenvalue weighted by atomic mass is 32.2. The van der Waals surface area contributed by atoms with Crippen molar-refractivity contribution in [2.45, 2.75) is 5.16 Å². The van der Waals surface area contributed by atoms with Gasteiger partial charge < -0.3 is 10.3 Å². The van der Waals surface area contributed by atoms with Crippen LogP contribution in [0.2, 0.25) is 0 Å². The molecule has 2 aromatic carbocycles. The van der Waals surface area contributed by atoms with E-state index in [1.165, 1.54) is 36.0 Å². The maximum atomic E-state index is 13.3. The molecule has 2 aromatic heterocycles. The van der Waals surface area contributed by atoms with E-state index < -0.39 is 0 Å². The van der Waals surface area contributed by atoms with Crippen LogP contribution in [0.4, 0.5) is 20.3 Å². The van der Waals surface area contributed by atoms with Crippen molar-refractivity contribution in [2.75, 3.05) is 11.6 Å². The van der Waals surface area contributed by atoms with Gasteiger partial charge in [-0.1, -0.05) is 11.8 Å². The number of hydrogen-bond donors (Lipinski definition) is 2. The van der Waals surface area contributed by atoms with E-state index in [1.54, 1.807) is 30.5 Å². The summed E-state index contributed by atoms with van der Waals surface area (Å²) in [5.74, 6) is 0.0322. The van der Waals surface area contributed by atoms with Crippen LogP contribution in [-0.4, -0.2) is 21.2 Å². The quantitative estimate of drug-likeness (QED) is 0.415. The van der Waals surface area contributed by atoms with Gasteiger partial charge in [-0.2, -0.15) is 0 Å². The molecule has 0 aliphatic carbocycles. The summed E-state index contributed by atoms with van der Waals surface area (Å²) in [6.45, 7) is 0. The number of H-pyrrole nitrogens is 1. The van der Waals surface area contributed by atoms with Crippen molar-refractivity contribution >= 4 is 23.3 Å². The fourth-order valence-electron chi connectivity index (χ4n) is 2.81. The predicted octanol–water partition coefficient (Wildman–Crippen LogP) is 5.88. The van der Waals surface area contributed by atoms with Crippen LogP contribution in [0.5, 0.6) is 0 Å². The minimum atomic E-state index is -0.294. The van der Waals surface area contributed by atoms with E-state index in [1.807, 2.05) is 18.4 Å². The van der Waals surface area contributed by atoms with E-state index in [9.17, 15) is 8.78 Å². The molecule has 0 aliphatic heterocycles. The number of pyridine rings is 1. The van der Waals surface area contributed by atoms with Crippen molar-refractivity contribution in [1.29, 1.82) is 0 Å². The normalized spacial score (nSPS) is 10.8. The largest absolute Gasteiger partial charge is 0.340 e. The van der Waals surface area contributed by atoms with E-state index in [4.69, 9.17) is 0 Å². The molecule has 2 heterocycles. The van der Waals surface area contributed by atoms with Gasteiger partial charge in [0.2, 0.25) is 0 Å². The molecule has 0 bridgehead atoms. The molecule has 0 aliphatic rings. The second kappa shape index (κ2) is 7.82. The third-order valence-electron chi connectivity index (χ3n) is 4.16. The van der Waals surface area contributed by atoms with Gasteiger partial charge in [0.15, 0.2) is 5.16 Å². The number of rotatable bonds is 5. The molecule has 0 radical (unpaired) electrons. The number of aromatic amines is 1. The van der Waals surface area contributed by atoms with Gasteiger partial charge in [0, 0.05) is 23.0 Å². The summed E-state index contributed by atoms with van der Waals surface area (Å²) >= 11 is 1.50. The minimum Gasteiger partial charge on any atom is -0.340 e. The minimum absolute atomic E-state index is 0.287. The average molecular weight is 394 g/mol. The van der Waals surface area contributed by atoms with Crippen LogP contribution in [0.3, 0.4) is 0 Å². The van der Waals surface area contributed by atoms with Gasteiger partial charge in [-0.15, -0.1) is 0 Å². The van der Waals surface area contributed by atoms with Gasteiger partial charge >= 0.3 is 0 Å². The maximum absolute atomic E-state index is 13.3. The molecular formula is C21H16F2N4S. The van der Waals surface area contributed by atoms with Gasteiger partial charge in [-0.3, -0.25) is 0 Å². The molecular weight excluding hydrogens is 378 g/mol. The Hall–Kier alpha value is -3.19. The molecule has 28 heavy (non-hydrogen) atoms. The van der Waals surface area contributed by atoms with Gasteiger partial charge in [-0.05, 0) is 66.9 Å². The molecule has 0 atom stereocenters. The molecule has 0 unspecified atom stereocenters. The van der Waals surface area contributed by atoms with Gasteiger partial charge in [0.1, 0.15) is 17.5 Å². The third kappa shape index (κ3) is 3.89. The number of aromatic nitrogens is 3. The van der Waals surface area contributed by atoms with Crippen LogP contribution in [0.25, 0.3) is 22.5 Å². The SMILES string of the molecule is CSc1nc(-c2ccnc(Nc3ccc(F)cc3)c2)c(-c2ccc(F)cc2)[nH]1. The van der Waals surface area contributed by atoms with Crippen LogP contribution in [-0.2, 0) is 0 Å². The lowest BCUT2D eigenvalue weighted by molar-refractivity contribution is 0.627. The lowest BCUT2D eigenvalue weighted by Gasteiger charge is -2.08. The summed E-state index contributed by atoms with van der Waals surface area (Å²) in [5.41, 5.74) is 3.99. The monoisotopic (exact) mass is 394 g/mol. The number of benzene rings is 2. The molecule has 4 rings (SSSR count). The number of hydrogen-bond acceptors (Lipinski definition) is 4. The molecule has 0 spiro atoms. The molecule has 0 saturated carbocycles. The number of nitrogens with zero attached hydrogens (tertiary/aromatic N) is 2. The van der Waals surface area contributed by atoms with E-state index >= 15 is 0 Å². The lowest BCUT2D eigenvalue weighted by atomic mass is 10.1. The number of nitrogens with one attached hydrogen (secondary N) is 2. The van der Waals surface area contributed by atoms with E-state index in [-0.39, 0.29) is 11.6 Å². The summed E-state index contributed by atoms with van der Waals surface area (Å²) in [7, 11) is 0. The van der Waals surface area contributed by atoms with Crippen LogP contribution in [0.15, 0.2) is 72.0 Å². The number of anilines is 2. The molecule has 0 fully saturated rings. The highest BCUT2D eigenvalue weighted by Gasteiger charge is 2.15. The van der Waals surface area contributed by atoms with Gasteiger partial charge in [0.05, 0.1) is 11.4 Å². The van der Waals surface area contributed by atoms with Crippen molar-refractivity contribution in [3.05, 3.63) is 78.5 Å². The highest BCUT2D eigenvalue weighted by molar-refractivity contribution is 7.98. The molecule has 7 heteroatoms. The topological polar surface area (TPSA) is 53.6 Å². The van der Waals surface area contributed by atoms with Crippen LogP contribution in [0, 0.1) is 11.6 Å². The first-order chi connectivity index (χ1) is 13.6. The van der Waals surface area contributed by atoms with Crippen molar-refractivity contribution in [2.24, 2.45) is 0 Å². The predicted molar refractivity (Wildman–Crippen MR) is 109 cm³/mol.